The Balaban J connectivity index is 1.75. The number of nitrogens with zero attached hydrogens (tertiary/aromatic N) is 1. The van der Waals surface area contributed by atoms with Gasteiger partial charge in [-0.2, -0.15) is 5.10 Å². The van der Waals surface area contributed by atoms with Crippen LogP contribution in [0.2, 0.25) is 0 Å². The van der Waals surface area contributed by atoms with E-state index in [-0.39, 0.29) is 11.6 Å². The second kappa shape index (κ2) is 10.4. The van der Waals surface area contributed by atoms with Crippen LogP contribution in [0.3, 0.4) is 0 Å². The van der Waals surface area contributed by atoms with E-state index in [1.54, 1.807) is 49.6 Å². The number of amides is 2. The molecule has 150 valence electrons. The number of carbonyl (C=O) groups excluding carboxylic acids is 2. The zero-order valence-electron chi connectivity index (χ0n) is 16.4. The maximum atomic E-state index is 12.7. The predicted octanol–water partition coefficient (Wildman–Crippen LogP) is 3.62. The van der Waals surface area contributed by atoms with Gasteiger partial charge in [0.05, 0.1) is 13.3 Å². The van der Waals surface area contributed by atoms with Crippen LogP contribution < -0.4 is 15.5 Å². The fourth-order valence-corrected chi connectivity index (χ4v) is 2.57. The lowest BCUT2D eigenvalue weighted by molar-refractivity contribution is -0.117. The van der Waals surface area contributed by atoms with Gasteiger partial charge < -0.3 is 10.1 Å². The number of carbonyl (C=O) groups is 2. The minimum atomic E-state index is -0.534. The Morgan fingerprint density at radius 1 is 0.833 bits per heavy atom. The van der Waals surface area contributed by atoms with E-state index in [1.165, 1.54) is 6.21 Å². The molecule has 3 aromatic rings. The average molecular weight is 399 g/mol. The molecule has 0 aliphatic carbocycles. The predicted molar refractivity (Wildman–Crippen MR) is 117 cm³/mol. The summed E-state index contributed by atoms with van der Waals surface area (Å²) in [5.74, 6) is -0.187. The minimum absolute atomic E-state index is 0.0851. The topological polar surface area (TPSA) is 79.8 Å². The van der Waals surface area contributed by atoms with Gasteiger partial charge >= 0.3 is 0 Å². The van der Waals surface area contributed by atoms with Crippen LogP contribution in [0.15, 0.2) is 95.7 Å². The number of hydrazone groups is 1. The van der Waals surface area contributed by atoms with E-state index in [4.69, 9.17) is 4.74 Å². The van der Waals surface area contributed by atoms with Crippen molar-refractivity contribution in [2.75, 3.05) is 7.11 Å². The van der Waals surface area contributed by atoms with Gasteiger partial charge in [-0.1, -0.05) is 48.5 Å². The molecule has 0 aromatic heterocycles. The van der Waals surface area contributed by atoms with E-state index < -0.39 is 5.91 Å². The number of nitrogens with one attached hydrogen (secondary N) is 2. The van der Waals surface area contributed by atoms with Crippen molar-refractivity contribution in [2.45, 2.75) is 0 Å². The molecule has 0 fully saturated rings. The van der Waals surface area contributed by atoms with E-state index in [0.717, 1.165) is 16.9 Å². The van der Waals surface area contributed by atoms with Crippen molar-refractivity contribution < 1.29 is 14.3 Å². The van der Waals surface area contributed by atoms with Crippen LogP contribution in [0.4, 0.5) is 0 Å². The Morgan fingerprint density at radius 2 is 1.47 bits per heavy atom. The lowest BCUT2D eigenvalue weighted by atomic mass is 10.1. The van der Waals surface area contributed by atoms with Crippen molar-refractivity contribution in [3.8, 4) is 5.75 Å². The molecule has 0 saturated carbocycles. The Kier molecular flexibility index (Phi) is 7.11. The van der Waals surface area contributed by atoms with E-state index in [9.17, 15) is 9.59 Å². The van der Waals surface area contributed by atoms with Gasteiger partial charge in [0, 0.05) is 5.56 Å². The molecule has 0 radical (unpaired) electrons. The number of methoxy groups -OCH3 is 1. The molecular formula is C24H21N3O3. The third kappa shape index (κ3) is 5.90. The number of rotatable bonds is 7. The Bertz CT molecular complexity index is 1040. The van der Waals surface area contributed by atoms with Crippen molar-refractivity contribution in [3.63, 3.8) is 0 Å². The van der Waals surface area contributed by atoms with Gasteiger partial charge in [-0.05, 0) is 53.6 Å². The largest absolute Gasteiger partial charge is 0.497 e. The van der Waals surface area contributed by atoms with Crippen LogP contribution in [-0.2, 0) is 4.79 Å². The monoisotopic (exact) mass is 399 g/mol. The molecule has 0 saturated heterocycles. The summed E-state index contributed by atoms with van der Waals surface area (Å²) < 4.78 is 5.11. The molecule has 0 spiro atoms. The number of hydrogen-bond acceptors (Lipinski definition) is 4. The summed E-state index contributed by atoms with van der Waals surface area (Å²) >= 11 is 0. The zero-order chi connectivity index (χ0) is 21.2. The third-order valence-electron chi connectivity index (χ3n) is 4.13. The summed E-state index contributed by atoms with van der Waals surface area (Å²) in [6, 6.07) is 25.1. The SMILES string of the molecule is COc1ccc(C=NNC(=O)/C(=C\c2ccccc2)NC(=O)c2ccccc2)cc1. The van der Waals surface area contributed by atoms with Crippen molar-refractivity contribution in [1.82, 2.24) is 10.7 Å². The molecule has 2 N–H and O–H groups in total. The second-order valence-corrected chi connectivity index (χ2v) is 6.26. The maximum absolute atomic E-state index is 12.7. The summed E-state index contributed by atoms with van der Waals surface area (Å²) in [5.41, 5.74) is 4.55. The molecule has 0 heterocycles. The Labute approximate surface area is 174 Å². The quantitative estimate of drug-likeness (QED) is 0.362. The van der Waals surface area contributed by atoms with Crippen LogP contribution in [0, 0.1) is 0 Å². The van der Waals surface area contributed by atoms with E-state index in [2.05, 4.69) is 15.8 Å². The van der Waals surface area contributed by atoms with E-state index >= 15 is 0 Å². The molecule has 3 aromatic carbocycles. The first kappa shape index (κ1) is 20.5. The van der Waals surface area contributed by atoms with Crippen molar-refractivity contribution >= 4 is 24.1 Å². The number of benzene rings is 3. The summed E-state index contributed by atoms with van der Waals surface area (Å²) in [4.78, 5) is 25.2. The first-order valence-corrected chi connectivity index (χ1v) is 9.26. The van der Waals surface area contributed by atoms with E-state index in [0.29, 0.717) is 5.56 Å². The molecule has 0 unspecified atom stereocenters. The van der Waals surface area contributed by atoms with E-state index in [1.807, 2.05) is 48.5 Å². The van der Waals surface area contributed by atoms with Crippen LogP contribution in [0.25, 0.3) is 6.08 Å². The molecule has 6 heteroatoms. The molecule has 2 amide bonds. The summed E-state index contributed by atoms with van der Waals surface area (Å²) in [6.45, 7) is 0. The summed E-state index contributed by atoms with van der Waals surface area (Å²) in [5, 5.41) is 6.65. The lowest BCUT2D eigenvalue weighted by Gasteiger charge is -2.09. The fraction of sp³-hybridized carbons (Fsp3) is 0.0417. The first-order chi connectivity index (χ1) is 14.7. The van der Waals surface area contributed by atoms with Crippen LogP contribution in [0.5, 0.6) is 5.75 Å². The maximum Gasteiger partial charge on any atom is 0.287 e. The normalized spacial score (nSPS) is 11.2. The Hall–Kier alpha value is -4.19. The molecule has 0 atom stereocenters. The van der Waals surface area contributed by atoms with Crippen molar-refractivity contribution in [2.24, 2.45) is 5.10 Å². The molecule has 0 aliphatic heterocycles. The molecule has 30 heavy (non-hydrogen) atoms. The highest BCUT2D eigenvalue weighted by Gasteiger charge is 2.14. The van der Waals surface area contributed by atoms with Gasteiger partial charge in [0.2, 0.25) is 0 Å². The summed E-state index contributed by atoms with van der Waals surface area (Å²) in [6.07, 6.45) is 3.11. The lowest BCUT2D eigenvalue weighted by Crippen LogP contribution is -2.32. The van der Waals surface area contributed by atoms with Gasteiger partial charge in [-0.15, -0.1) is 0 Å². The first-order valence-electron chi connectivity index (χ1n) is 9.26. The average Bonchev–Trinajstić information content (AvgIpc) is 2.80. The Morgan fingerprint density at radius 3 is 2.10 bits per heavy atom. The van der Waals surface area contributed by atoms with Crippen LogP contribution in [0.1, 0.15) is 21.5 Å². The van der Waals surface area contributed by atoms with Crippen LogP contribution >= 0.6 is 0 Å². The second-order valence-electron chi connectivity index (χ2n) is 6.26. The number of ether oxygens (including phenoxy) is 1. The fourth-order valence-electron chi connectivity index (χ4n) is 2.57. The molecule has 3 rings (SSSR count). The van der Waals surface area contributed by atoms with Gasteiger partial charge in [-0.3, -0.25) is 9.59 Å². The van der Waals surface area contributed by atoms with Gasteiger partial charge in [0.1, 0.15) is 11.4 Å². The molecular weight excluding hydrogens is 378 g/mol. The standard InChI is InChI=1S/C24H21N3O3/c1-30-21-14-12-19(13-15-21)17-25-27-24(29)22(16-18-8-4-2-5-9-18)26-23(28)20-10-6-3-7-11-20/h2-17H,1H3,(H,26,28)(H,27,29)/b22-16+,25-17?. The highest BCUT2D eigenvalue weighted by molar-refractivity contribution is 6.05. The minimum Gasteiger partial charge on any atom is -0.497 e. The van der Waals surface area contributed by atoms with Gasteiger partial charge in [0.25, 0.3) is 11.8 Å². The van der Waals surface area contributed by atoms with Crippen LogP contribution in [-0.4, -0.2) is 25.1 Å². The molecule has 0 bridgehead atoms. The van der Waals surface area contributed by atoms with Crippen molar-refractivity contribution in [1.29, 1.82) is 0 Å². The van der Waals surface area contributed by atoms with Gasteiger partial charge in [-0.25, -0.2) is 5.43 Å². The third-order valence-corrected chi connectivity index (χ3v) is 4.13. The van der Waals surface area contributed by atoms with Crippen molar-refractivity contribution in [3.05, 3.63) is 107 Å². The summed E-state index contributed by atoms with van der Waals surface area (Å²) in [7, 11) is 1.59. The number of hydrogen-bond donors (Lipinski definition) is 2. The smallest absolute Gasteiger partial charge is 0.287 e. The molecule has 0 aliphatic rings. The zero-order valence-corrected chi connectivity index (χ0v) is 16.4. The highest BCUT2D eigenvalue weighted by atomic mass is 16.5. The van der Waals surface area contributed by atoms with Gasteiger partial charge in [0.15, 0.2) is 0 Å². The molecule has 6 nitrogen and oxygen atoms in total. The highest BCUT2D eigenvalue weighted by Crippen LogP contribution is 2.10.